The SMILES string of the molecule is Cn1cc2cc(-c3cnc4ccc(C(=O)N5CC6(CCC6(F)F)C5)cc4n3)cnc2n1. The van der Waals surface area contributed by atoms with Gasteiger partial charge in [-0.25, -0.2) is 18.7 Å². The van der Waals surface area contributed by atoms with Crippen LogP contribution in [0.4, 0.5) is 8.78 Å². The van der Waals surface area contributed by atoms with Gasteiger partial charge < -0.3 is 4.90 Å². The number of likely N-dealkylation sites (tertiary alicyclic amines) is 1. The summed E-state index contributed by atoms with van der Waals surface area (Å²) in [5.41, 5.74) is 2.72. The lowest BCUT2D eigenvalue weighted by Crippen LogP contribution is -2.70. The largest absolute Gasteiger partial charge is 0.337 e. The summed E-state index contributed by atoms with van der Waals surface area (Å²) in [5.74, 6) is -2.90. The number of aryl methyl sites for hydroxylation is 1. The number of benzene rings is 1. The fourth-order valence-corrected chi connectivity index (χ4v) is 4.52. The van der Waals surface area contributed by atoms with Crippen LogP contribution in [-0.2, 0) is 7.05 Å². The minimum Gasteiger partial charge on any atom is -0.337 e. The molecule has 0 bridgehead atoms. The van der Waals surface area contributed by atoms with Crippen molar-refractivity contribution in [3.8, 4) is 11.3 Å². The van der Waals surface area contributed by atoms with E-state index in [1.54, 1.807) is 35.3 Å². The van der Waals surface area contributed by atoms with E-state index in [1.165, 1.54) is 4.90 Å². The van der Waals surface area contributed by atoms with E-state index in [0.717, 1.165) is 10.9 Å². The van der Waals surface area contributed by atoms with Crippen LogP contribution in [0.25, 0.3) is 33.3 Å². The number of hydrogen-bond donors (Lipinski definition) is 0. The van der Waals surface area contributed by atoms with Gasteiger partial charge in [0.1, 0.15) is 0 Å². The molecule has 1 amide bonds. The van der Waals surface area contributed by atoms with E-state index in [2.05, 4.69) is 20.1 Å². The maximum absolute atomic E-state index is 13.8. The van der Waals surface area contributed by atoms with Gasteiger partial charge in [-0.1, -0.05) is 0 Å². The van der Waals surface area contributed by atoms with Crippen LogP contribution in [0.2, 0.25) is 0 Å². The topological polar surface area (TPSA) is 76.8 Å². The number of aromatic nitrogens is 5. The Morgan fingerprint density at radius 1 is 1.06 bits per heavy atom. The number of alkyl halides is 2. The highest BCUT2D eigenvalue weighted by Gasteiger charge is 2.67. The highest BCUT2D eigenvalue weighted by molar-refractivity contribution is 5.98. The van der Waals surface area contributed by atoms with Crippen LogP contribution < -0.4 is 0 Å². The zero-order chi connectivity index (χ0) is 21.4. The van der Waals surface area contributed by atoms with Gasteiger partial charge in [-0.05, 0) is 30.7 Å². The average molecular weight is 420 g/mol. The second-order valence-electron chi connectivity index (χ2n) is 8.54. The Morgan fingerprint density at radius 2 is 1.90 bits per heavy atom. The van der Waals surface area contributed by atoms with Crippen LogP contribution in [0.5, 0.6) is 0 Å². The van der Waals surface area contributed by atoms with Gasteiger partial charge in [-0.3, -0.25) is 14.5 Å². The number of nitrogens with zero attached hydrogens (tertiary/aromatic N) is 6. The molecule has 1 aromatic carbocycles. The normalized spacial score (nSPS) is 18.9. The first-order valence-corrected chi connectivity index (χ1v) is 10.1. The number of rotatable bonds is 2. The lowest BCUT2D eigenvalue weighted by molar-refractivity contribution is -0.248. The Bertz CT molecular complexity index is 1380. The van der Waals surface area contributed by atoms with E-state index in [1.807, 2.05) is 19.3 Å². The van der Waals surface area contributed by atoms with Crippen LogP contribution in [0.15, 0.2) is 42.9 Å². The highest BCUT2D eigenvalue weighted by Crippen LogP contribution is 2.59. The molecule has 6 rings (SSSR count). The molecular weight excluding hydrogens is 402 g/mol. The molecule has 4 heterocycles. The lowest BCUT2D eigenvalue weighted by Gasteiger charge is -2.59. The molecule has 0 radical (unpaired) electrons. The van der Waals surface area contributed by atoms with Crippen LogP contribution >= 0.6 is 0 Å². The first kappa shape index (κ1) is 18.3. The second kappa shape index (κ2) is 6.03. The van der Waals surface area contributed by atoms with Crippen molar-refractivity contribution < 1.29 is 13.6 Å². The van der Waals surface area contributed by atoms with Crippen LogP contribution in [0.1, 0.15) is 23.2 Å². The van der Waals surface area contributed by atoms with E-state index in [0.29, 0.717) is 34.4 Å². The molecule has 4 aromatic rings. The molecule has 1 saturated heterocycles. The molecular formula is C22H18F2N6O. The zero-order valence-electron chi connectivity index (χ0n) is 16.7. The van der Waals surface area contributed by atoms with Crippen LogP contribution in [-0.4, -0.2) is 54.6 Å². The Labute approximate surface area is 175 Å². The van der Waals surface area contributed by atoms with Gasteiger partial charge in [0.05, 0.1) is 28.3 Å². The van der Waals surface area contributed by atoms with Crippen molar-refractivity contribution in [2.24, 2.45) is 12.5 Å². The summed E-state index contributed by atoms with van der Waals surface area (Å²) in [7, 11) is 1.84. The number of carbonyl (C=O) groups excluding carboxylic acids is 1. The summed E-state index contributed by atoms with van der Waals surface area (Å²) >= 11 is 0. The van der Waals surface area contributed by atoms with Crippen molar-refractivity contribution >= 4 is 28.0 Å². The summed E-state index contributed by atoms with van der Waals surface area (Å²) in [5, 5.41) is 5.16. The number of amides is 1. The summed E-state index contributed by atoms with van der Waals surface area (Å²) in [4.78, 5) is 27.8. The third kappa shape index (κ3) is 2.65. The Balaban J connectivity index is 1.30. The average Bonchev–Trinajstić information content (AvgIpc) is 3.10. The first-order chi connectivity index (χ1) is 14.8. The smallest absolute Gasteiger partial charge is 0.257 e. The number of carbonyl (C=O) groups is 1. The number of pyridine rings is 1. The highest BCUT2D eigenvalue weighted by atomic mass is 19.3. The summed E-state index contributed by atoms with van der Waals surface area (Å²) in [6.07, 6.45) is 5.64. The van der Waals surface area contributed by atoms with Crippen molar-refractivity contribution in [1.29, 1.82) is 0 Å². The lowest BCUT2D eigenvalue weighted by atomic mass is 9.60. The van der Waals surface area contributed by atoms with Gasteiger partial charge in [0.2, 0.25) is 0 Å². The van der Waals surface area contributed by atoms with Crippen LogP contribution in [0, 0.1) is 5.41 Å². The van der Waals surface area contributed by atoms with Crippen molar-refractivity contribution in [2.45, 2.75) is 18.8 Å². The fraction of sp³-hybridized carbons (Fsp3) is 0.318. The van der Waals surface area contributed by atoms with Gasteiger partial charge in [-0.2, -0.15) is 5.10 Å². The summed E-state index contributed by atoms with van der Waals surface area (Å²) in [6, 6.07) is 7.02. The molecule has 0 atom stereocenters. The first-order valence-electron chi connectivity index (χ1n) is 10.1. The molecule has 3 aromatic heterocycles. The van der Waals surface area contributed by atoms with Gasteiger partial charge >= 0.3 is 0 Å². The zero-order valence-corrected chi connectivity index (χ0v) is 16.7. The molecule has 1 aliphatic carbocycles. The predicted molar refractivity (Wildman–Crippen MR) is 110 cm³/mol. The molecule has 9 heteroatoms. The maximum atomic E-state index is 13.8. The summed E-state index contributed by atoms with van der Waals surface area (Å²) < 4.78 is 29.3. The van der Waals surface area contributed by atoms with Crippen molar-refractivity contribution in [3.05, 3.63) is 48.4 Å². The molecule has 1 aliphatic heterocycles. The monoisotopic (exact) mass is 420 g/mol. The van der Waals surface area contributed by atoms with Crippen molar-refractivity contribution in [3.63, 3.8) is 0 Å². The molecule has 0 N–H and O–H groups in total. The van der Waals surface area contributed by atoms with Gasteiger partial charge in [0.25, 0.3) is 11.8 Å². The quantitative estimate of drug-likeness (QED) is 0.497. The fourth-order valence-electron chi connectivity index (χ4n) is 4.52. The molecule has 2 aliphatic rings. The van der Waals surface area contributed by atoms with Crippen molar-refractivity contribution in [2.75, 3.05) is 13.1 Å². The number of fused-ring (bicyclic) bond motifs is 2. The number of halogens is 2. The summed E-state index contributed by atoms with van der Waals surface area (Å²) in [6.45, 7) is 0.221. The van der Waals surface area contributed by atoms with E-state index < -0.39 is 11.3 Å². The van der Waals surface area contributed by atoms with E-state index in [9.17, 15) is 13.6 Å². The molecule has 1 spiro atoms. The molecule has 1 saturated carbocycles. The van der Waals surface area contributed by atoms with Crippen molar-refractivity contribution in [1.82, 2.24) is 29.6 Å². The predicted octanol–water partition coefficient (Wildman–Crippen LogP) is 3.45. The van der Waals surface area contributed by atoms with E-state index in [-0.39, 0.29) is 25.4 Å². The third-order valence-electron chi connectivity index (χ3n) is 6.53. The minimum absolute atomic E-state index is 0.0803. The molecule has 7 nitrogen and oxygen atoms in total. The van der Waals surface area contributed by atoms with E-state index in [4.69, 9.17) is 0 Å². The Morgan fingerprint density at radius 3 is 2.65 bits per heavy atom. The van der Waals surface area contributed by atoms with Gasteiger partial charge in [0, 0.05) is 55.5 Å². The van der Waals surface area contributed by atoms with Gasteiger partial charge in [-0.15, -0.1) is 0 Å². The van der Waals surface area contributed by atoms with Gasteiger partial charge in [0.15, 0.2) is 5.65 Å². The Kier molecular flexibility index (Phi) is 3.56. The molecule has 31 heavy (non-hydrogen) atoms. The maximum Gasteiger partial charge on any atom is 0.257 e. The standard InChI is InChI=1S/C22H18F2N6O/c1-29-10-15-6-14(8-26-19(15)28-29)18-9-25-16-3-2-13(7-17(16)27-18)20(31)30-11-21(12-30)4-5-22(21,23)24/h2-3,6-10H,4-5,11-12H2,1H3. The van der Waals surface area contributed by atoms with E-state index >= 15 is 0 Å². The molecule has 156 valence electrons. The third-order valence-corrected chi connectivity index (χ3v) is 6.53. The Hall–Kier alpha value is -3.49. The molecule has 2 fully saturated rings. The number of hydrogen-bond acceptors (Lipinski definition) is 5. The molecule has 0 unspecified atom stereocenters. The second-order valence-corrected chi connectivity index (χ2v) is 8.54. The minimum atomic E-state index is -2.66. The van der Waals surface area contributed by atoms with Crippen LogP contribution in [0.3, 0.4) is 0 Å².